The number of hydrazine groups is 1. The van der Waals surface area contributed by atoms with Crippen LogP contribution in [0.5, 0.6) is 0 Å². The van der Waals surface area contributed by atoms with Crippen molar-refractivity contribution in [2.75, 3.05) is 5.73 Å². The number of anilines is 1. The molecular formula is C13H14N4O2. The third-order valence-electron chi connectivity index (χ3n) is 2.49. The van der Waals surface area contributed by atoms with Crippen LogP contribution in [0.4, 0.5) is 5.69 Å². The monoisotopic (exact) mass is 258 g/mol. The highest BCUT2D eigenvalue weighted by Crippen LogP contribution is 2.16. The van der Waals surface area contributed by atoms with Crippen molar-refractivity contribution in [1.82, 2.24) is 15.8 Å². The second-order valence-electron chi connectivity index (χ2n) is 4.16. The maximum Gasteiger partial charge on any atom is 0.244 e. The first-order chi connectivity index (χ1) is 9.04. The highest BCUT2D eigenvalue weighted by atomic mass is 16.2. The Morgan fingerprint density at radius 3 is 2.74 bits per heavy atom. The number of carbonyl (C=O) groups excluding carboxylic acids is 2. The fourth-order valence-corrected chi connectivity index (χ4v) is 1.65. The first-order valence-corrected chi connectivity index (χ1v) is 5.75. The summed E-state index contributed by atoms with van der Waals surface area (Å²) in [6.45, 7) is 1.32. The fraction of sp³-hybridized carbons (Fsp3) is 0.154. The van der Waals surface area contributed by atoms with Crippen LogP contribution in [-0.2, 0) is 16.0 Å². The molecule has 0 saturated heterocycles. The maximum atomic E-state index is 11.5. The third-order valence-corrected chi connectivity index (χ3v) is 2.49. The second-order valence-corrected chi connectivity index (χ2v) is 4.16. The molecule has 6 heteroatoms. The van der Waals surface area contributed by atoms with Gasteiger partial charge in [-0.1, -0.05) is 6.07 Å². The summed E-state index contributed by atoms with van der Waals surface area (Å²) in [7, 11) is 0. The number of amides is 2. The molecule has 0 aliphatic carbocycles. The number of nitrogens with two attached hydrogens (primary N) is 1. The first kappa shape index (κ1) is 12.8. The van der Waals surface area contributed by atoms with E-state index in [1.165, 1.54) is 6.92 Å². The second kappa shape index (κ2) is 5.34. The Morgan fingerprint density at radius 1 is 1.21 bits per heavy atom. The molecule has 2 aromatic rings. The Morgan fingerprint density at radius 2 is 2.00 bits per heavy atom. The molecule has 1 aromatic carbocycles. The molecule has 98 valence electrons. The molecule has 6 nitrogen and oxygen atoms in total. The van der Waals surface area contributed by atoms with E-state index in [0.717, 1.165) is 10.9 Å². The lowest BCUT2D eigenvalue weighted by atomic mass is 10.1. The standard InChI is InChI=1S/C13H14N4O2/c1-8(18)16-17-13(19)7-11-4-2-9-6-10(14)3-5-12(9)15-11/h2-6H,7,14H2,1H3,(H,16,18)(H,17,19). The average Bonchev–Trinajstić information content (AvgIpc) is 2.36. The van der Waals surface area contributed by atoms with Crippen LogP contribution in [-0.4, -0.2) is 16.8 Å². The van der Waals surface area contributed by atoms with Crippen molar-refractivity contribution in [3.8, 4) is 0 Å². The minimum atomic E-state index is -0.324. The van der Waals surface area contributed by atoms with Gasteiger partial charge < -0.3 is 5.73 Å². The summed E-state index contributed by atoms with van der Waals surface area (Å²) in [6.07, 6.45) is 0.0978. The van der Waals surface area contributed by atoms with E-state index in [1.807, 2.05) is 12.1 Å². The van der Waals surface area contributed by atoms with Gasteiger partial charge in [0.2, 0.25) is 11.8 Å². The van der Waals surface area contributed by atoms with Crippen molar-refractivity contribution in [1.29, 1.82) is 0 Å². The van der Waals surface area contributed by atoms with E-state index in [4.69, 9.17) is 5.73 Å². The number of hydrogen-bond acceptors (Lipinski definition) is 4. The summed E-state index contributed by atoms with van der Waals surface area (Å²) in [5.41, 5.74) is 12.3. The first-order valence-electron chi connectivity index (χ1n) is 5.75. The van der Waals surface area contributed by atoms with E-state index in [1.54, 1.807) is 18.2 Å². The average molecular weight is 258 g/mol. The van der Waals surface area contributed by atoms with E-state index < -0.39 is 0 Å². The summed E-state index contributed by atoms with van der Waals surface area (Å²) in [4.78, 5) is 26.5. The molecule has 19 heavy (non-hydrogen) atoms. The number of benzene rings is 1. The van der Waals surface area contributed by atoms with Crippen LogP contribution >= 0.6 is 0 Å². The lowest BCUT2D eigenvalue weighted by Crippen LogP contribution is -2.41. The van der Waals surface area contributed by atoms with Crippen LogP contribution in [0.2, 0.25) is 0 Å². The minimum absolute atomic E-state index is 0.0978. The molecule has 2 rings (SSSR count). The van der Waals surface area contributed by atoms with Gasteiger partial charge in [0.15, 0.2) is 0 Å². The molecular weight excluding hydrogens is 244 g/mol. The smallest absolute Gasteiger partial charge is 0.244 e. The van der Waals surface area contributed by atoms with Gasteiger partial charge in [0, 0.05) is 18.0 Å². The number of rotatable bonds is 2. The van der Waals surface area contributed by atoms with Crippen LogP contribution < -0.4 is 16.6 Å². The normalized spacial score (nSPS) is 10.2. The van der Waals surface area contributed by atoms with Crippen molar-refractivity contribution >= 4 is 28.4 Å². The quantitative estimate of drug-likeness (QED) is 0.540. The summed E-state index contributed by atoms with van der Waals surface area (Å²) >= 11 is 0. The zero-order valence-corrected chi connectivity index (χ0v) is 10.4. The molecule has 2 amide bonds. The molecule has 0 unspecified atom stereocenters. The minimum Gasteiger partial charge on any atom is -0.399 e. The SMILES string of the molecule is CC(=O)NNC(=O)Cc1ccc2cc(N)ccc2n1. The molecule has 0 aliphatic rings. The van der Waals surface area contributed by atoms with E-state index in [0.29, 0.717) is 11.4 Å². The zero-order chi connectivity index (χ0) is 13.8. The lowest BCUT2D eigenvalue weighted by Gasteiger charge is -2.06. The largest absolute Gasteiger partial charge is 0.399 e. The van der Waals surface area contributed by atoms with Gasteiger partial charge >= 0.3 is 0 Å². The van der Waals surface area contributed by atoms with Crippen molar-refractivity contribution in [2.45, 2.75) is 13.3 Å². The van der Waals surface area contributed by atoms with Crippen molar-refractivity contribution in [3.05, 3.63) is 36.0 Å². The Hall–Kier alpha value is -2.63. The summed E-state index contributed by atoms with van der Waals surface area (Å²) < 4.78 is 0. The number of carbonyl (C=O) groups is 2. The topological polar surface area (TPSA) is 97.1 Å². The van der Waals surface area contributed by atoms with E-state index in [9.17, 15) is 9.59 Å². The van der Waals surface area contributed by atoms with Gasteiger partial charge in [-0.3, -0.25) is 25.4 Å². The van der Waals surface area contributed by atoms with Crippen LogP contribution in [0, 0.1) is 0 Å². The molecule has 1 heterocycles. The van der Waals surface area contributed by atoms with Crippen LogP contribution in [0.15, 0.2) is 30.3 Å². The van der Waals surface area contributed by atoms with Gasteiger partial charge in [-0.05, 0) is 24.3 Å². The van der Waals surface area contributed by atoms with Gasteiger partial charge in [0.1, 0.15) is 0 Å². The molecule has 4 N–H and O–H groups in total. The van der Waals surface area contributed by atoms with Crippen LogP contribution in [0.25, 0.3) is 10.9 Å². The summed E-state index contributed by atoms with van der Waals surface area (Å²) in [6, 6.07) is 9.01. The zero-order valence-electron chi connectivity index (χ0n) is 10.4. The predicted octanol–water partition coefficient (Wildman–Crippen LogP) is 0.527. The molecule has 0 radical (unpaired) electrons. The van der Waals surface area contributed by atoms with Gasteiger partial charge in [0.25, 0.3) is 0 Å². The van der Waals surface area contributed by atoms with Crippen LogP contribution in [0.1, 0.15) is 12.6 Å². The van der Waals surface area contributed by atoms with E-state index >= 15 is 0 Å². The van der Waals surface area contributed by atoms with E-state index in [2.05, 4.69) is 15.8 Å². The fourth-order valence-electron chi connectivity index (χ4n) is 1.65. The Labute approximate surface area is 110 Å². The maximum absolute atomic E-state index is 11.5. The number of nitrogens with one attached hydrogen (secondary N) is 2. The summed E-state index contributed by atoms with van der Waals surface area (Å²) in [5, 5.41) is 0.922. The number of nitrogen functional groups attached to an aromatic ring is 1. The van der Waals surface area contributed by atoms with Gasteiger partial charge in [-0.2, -0.15) is 0 Å². The lowest BCUT2D eigenvalue weighted by molar-refractivity contribution is -0.127. The third kappa shape index (κ3) is 3.41. The number of nitrogens with zero attached hydrogens (tertiary/aromatic N) is 1. The van der Waals surface area contributed by atoms with Gasteiger partial charge in [-0.15, -0.1) is 0 Å². The molecule has 0 bridgehead atoms. The molecule has 0 atom stereocenters. The number of hydrogen-bond donors (Lipinski definition) is 3. The summed E-state index contributed by atoms with van der Waals surface area (Å²) in [5.74, 6) is -0.646. The Balaban J connectivity index is 2.11. The predicted molar refractivity (Wildman–Crippen MR) is 71.8 cm³/mol. The highest BCUT2D eigenvalue weighted by molar-refractivity contribution is 5.84. The van der Waals surface area contributed by atoms with Crippen LogP contribution in [0.3, 0.4) is 0 Å². The van der Waals surface area contributed by atoms with Gasteiger partial charge in [0.05, 0.1) is 17.6 Å². The molecule has 0 fully saturated rings. The molecule has 0 spiro atoms. The molecule has 0 saturated carbocycles. The number of pyridine rings is 1. The van der Waals surface area contributed by atoms with E-state index in [-0.39, 0.29) is 18.2 Å². The van der Waals surface area contributed by atoms with Crippen molar-refractivity contribution in [2.24, 2.45) is 0 Å². The Kier molecular flexibility index (Phi) is 3.61. The van der Waals surface area contributed by atoms with Crippen molar-refractivity contribution in [3.63, 3.8) is 0 Å². The molecule has 0 aliphatic heterocycles. The number of aromatic nitrogens is 1. The van der Waals surface area contributed by atoms with Gasteiger partial charge in [-0.25, -0.2) is 0 Å². The highest BCUT2D eigenvalue weighted by Gasteiger charge is 2.06. The van der Waals surface area contributed by atoms with Crippen molar-refractivity contribution < 1.29 is 9.59 Å². The number of fused-ring (bicyclic) bond motifs is 1. The molecule has 1 aromatic heterocycles. The Bertz CT molecular complexity index is 640.